The molecule has 0 amide bonds. The van der Waals surface area contributed by atoms with Gasteiger partial charge in [-0.1, -0.05) is 13.8 Å². The van der Waals surface area contributed by atoms with E-state index in [0.717, 1.165) is 44.9 Å². The second kappa shape index (κ2) is 11.7. The van der Waals surface area contributed by atoms with Gasteiger partial charge in [-0.05, 0) is 38.5 Å². The van der Waals surface area contributed by atoms with Gasteiger partial charge in [-0.25, -0.2) is 0 Å². The summed E-state index contributed by atoms with van der Waals surface area (Å²) in [6.07, 6.45) is 11.2. The van der Waals surface area contributed by atoms with E-state index in [9.17, 15) is 10.2 Å². The first kappa shape index (κ1) is 28.5. The Morgan fingerprint density at radius 2 is 1.11 bits per heavy atom. The molecular formula is C26H38O11. The van der Waals surface area contributed by atoms with E-state index < -0.39 is 12.2 Å². The highest BCUT2D eigenvalue weighted by Gasteiger charge is 2.66. The number of hydrogen-bond donors (Lipinski definition) is 2. The molecule has 11 heteroatoms. The van der Waals surface area contributed by atoms with Crippen molar-refractivity contribution in [2.24, 2.45) is 0 Å². The van der Waals surface area contributed by atoms with E-state index in [-0.39, 0.29) is 35.7 Å². The van der Waals surface area contributed by atoms with Crippen LogP contribution < -0.4 is 0 Å². The number of carbonyl (C=O) groups excluding carboxylic acids is 4. The van der Waals surface area contributed by atoms with Gasteiger partial charge in [0.15, 0.2) is 0 Å². The zero-order valence-electron chi connectivity index (χ0n) is 21.4. The Bertz CT molecular complexity index is 835. The van der Waals surface area contributed by atoms with Gasteiger partial charge in [0.25, 0.3) is 0 Å². The van der Waals surface area contributed by atoms with Crippen LogP contribution in [0.25, 0.3) is 0 Å². The van der Waals surface area contributed by atoms with Gasteiger partial charge in [0.1, 0.15) is 12.2 Å². The molecule has 7 fully saturated rings. The van der Waals surface area contributed by atoms with Crippen molar-refractivity contribution in [1.29, 1.82) is 0 Å². The monoisotopic (exact) mass is 526 g/mol. The van der Waals surface area contributed by atoms with Crippen molar-refractivity contribution >= 4 is 12.3 Å². The van der Waals surface area contributed by atoms with E-state index in [0.29, 0.717) is 43.0 Å². The van der Waals surface area contributed by atoms with Gasteiger partial charge in [0, 0.05) is 25.7 Å². The number of fused-ring (bicyclic) bond motifs is 4. The normalized spacial score (nSPS) is 49.4. The van der Waals surface area contributed by atoms with E-state index in [4.69, 9.17) is 42.9 Å². The second-order valence-corrected chi connectivity index (χ2v) is 11.1. The summed E-state index contributed by atoms with van der Waals surface area (Å²) in [5, 5.41) is 19.6. The van der Waals surface area contributed by atoms with Crippen molar-refractivity contribution in [3.8, 4) is 0 Å². The minimum atomic E-state index is -0.736. The molecule has 2 N–H and O–H groups in total. The van der Waals surface area contributed by atoms with Gasteiger partial charge in [0.2, 0.25) is 0 Å². The van der Waals surface area contributed by atoms with Crippen molar-refractivity contribution in [3.63, 3.8) is 0 Å². The number of epoxide rings is 1. The first-order valence-electron chi connectivity index (χ1n) is 13.4. The summed E-state index contributed by atoms with van der Waals surface area (Å²) >= 11 is 0. The summed E-state index contributed by atoms with van der Waals surface area (Å²) in [7, 11) is 0. The third kappa shape index (κ3) is 5.62. The fraction of sp³-hybridized carbons (Fsp3) is 0.923. The molecule has 0 aromatic carbocycles. The summed E-state index contributed by atoms with van der Waals surface area (Å²) in [6.45, 7) is 4.34. The molecule has 0 aromatic heterocycles. The Kier molecular flexibility index (Phi) is 9.01. The summed E-state index contributed by atoms with van der Waals surface area (Å²) < 4.78 is 30.0. The highest BCUT2D eigenvalue weighted by atomic mass is 16.6. The fourth-order valence-electron chi connectivity index (χ4n) is 7.28. The van der Waals surface area contributed by atoms with Gasteiger partial charge in [-0.2, -0.15) is 19.2 Å². The zero-order chi connectivity index (χ0) is 26.8. The SMILES string of the molecule is CCC1CC[C@@H]2O[C@@H]3CC2(CC2O[C@H]23)O1.CCC1CC[C@@H]2O[C@@H]3CC2(C[C@@H](O)[C@H]3O)O1.O=C=O.O=C=O. The van der Waals surface area contributed by atoms with Crippen molar-refractivity contribution in [3.05, 3.63) is 0 Å². The van der Waals surface area contributed by atoms with Gasteiger partial charge in [0.05, 0.1) is 60.0 Å². The smallest absolute Gasteiger partial charge is 0.373 e. The van der Waals surface area contributed by atoms with E-state index in [1.807, 2.05) is 0 Å². The van der Waals surface area contributed by atoms with Crippen LogP contribution >= 0.6 is 0 Å². The van der Waals surface area contributed by atoms with Crippen LogP contribution in [0.4, 0.5) is 0 Å². The summed E-state index contributed by atoms with van der Waals surface area (Å²) in [5.74, 6) is 0. The van der Waals surface area contributed by atoms with Crippen molar-refractivity contribution < 1.29 is 53.1 Å². The maximum absolute atomic E-state index is 9.84. The number of hydrogen-bond acceptors (Lipinski definition) is 11. The fourth-order valence-corrected chi connectivity index (χ4v) is 7.28. The predicted molar refractivity (Wildman–Crippen MR) is 121 cm³/mol. The summed E-state index contributed by atoms with van der Waals surface area (Å²) in [5.41, 5.74) is -0.288. The molecule has 2 aliphatic carbocycles. The lowest BCUT2D eigenvalue weighted by Gasteiger charge is -2.44. The van der Waals surface area contributed by atoms with E-state index in [2.05, 4.69) is 13.8 Å². The number of aliphatic hydroxyl groups is 2. The molecule has 12 atom stereocenters. The molecule has 5 aliphatic heterocycles. The Hall–Kier alpha value is -1.52. The zero-order valence-corrected chi connectivity index (χ0v) is 21.4. The molecule has 5 unspecified atom stereocenters. The molecule has 37 heavy (non-hydrogen) atoms. The average Bonchev–Trinajstić information content (AvgIpc) is 3.47. The van der Waals surface area contributed by atoms with E-state index in [1.54, 1.807) is 0 Å². The predicted octanol–water partition coefficient (Wildman–Crippen LogP) is 1.07. The van der Waals surface area contributed by atoms with E-state index >= 15 is 0 Å². The molecule has 0 aromatic rings. The minimum absolute atomic E-state index is 0.0290. The quantitative estimate of drug-likeness (QED) is 0.496. The van der Waals surface area contributed by atoms with E-state index in [1.165, 1.54) is 12.8 Å². The number of aliphatic hydroxyl groups excluding tert-OH is 2. The van der Waals surface area contributed by atoms with Crippen LogP contribution in [0.15, 0.2) is 0 Å². The topological polar surface area (TPSA) is 158 Å². The van der Waals surface area contributed by atoms with Crippen LogP contribution in [0.5, 0.6) is 0 Å². The van der Waals surface area contributed by atoms with Gasteiger partial charge >= 0.3 is 12.3 Å². The van der Waals surface area contributed by atoms with Crippen molar-refractivity contribution in [1.82, 2.24) is 0 Å². The van der Waals surface area contributed by atoms with Gasteiger partial charge in [-0.15, -0.1) is 0 Å². The lowest BCUT2D eigenvalue weighted by Crippen LogP contribution is -2.54. The molecule has 2 saturated carbocycles. The number of rotatable bonds is 2. The first-order chi connectivity index (χ1) is 17.8. The molecule has 4 bridgehead atoms. The molecule has 11 nitrogen and oxygen atoms in total. The van der Waals surface area contributed by atoms with Crippen LogP contribution in [-0.2, 0) is 42.9 Å². The Morgan fingerprint density at radius 3 is 1.62 bits per heavy atom. The van der Waals surface area contributed by atoms with Crippen LogP contribution in [0, 0.1) is 0 Å². The van der Waals surface area contributed by atoms with Crippen LogP contribution in [0.1, 0.15) is 78.1 Å². The van der Waals surface area contributed by atoms with Gasteiger partial charge < -0.3 is 33.9 Å². The molecular weight excluding hydrogens is 488 g/mol. The molecule has 0 radical (unpaired) electrons. The number of ether oxygens (including phenoxy) is 5. The standard InChI is InChI=1S/C12H20O4.C12H18O3.2CO2/c1-2-7-3-4-10-12(16-7)5-8(13)11(14)9(6-12)15-10;1-2-7-3-4-10-12(15-7)5-8(13-10)11-9(6-12)14-11;2*2-1-3/h7-11,13-14H,2-6H2,1H3;7-11H,2-6H2,1H3;;/t7?,8-,9-,10+,11-,12?;7?,8-,9?,10+,11+,12?;;/m11../s1. The lowest BCUT2D eigenvalue weighted by atomic mass is 9.76. The molecule has 7 aliphatic rings. The van der Waals surface area contributed by atoms with Crippen LogP contribution in [0.3, 0.4) is 0 Å². The summed E-state index contributed by atoms with van der Waals surface area (Å²) in [4.78, 5) is 32.5. The third-order valence-electron chi connectivity index (χ3n) is 9.02. The molecule has 5 heterocycles. The van der Waals surface area contributed by atoms with Crippen molar-refractivity contribution in [2.75, 3.05) is 0 Å². The minimum Gasteiger partial charge on any atom is -0.390 e. The molecule has 7 rings (SSSR count). The Labute approximate surface area is 216 Å². The van der Waals surface area contributed by atoms with Gasteiger partial charge in [-0.3, -0.25) is 0 Å². The van der Waals surface area contributed by atoms with Crippen LogP contribution in [-0.4, -0.2) is 94.8 Å². The van der Waals surface area contributed by atoms with Crippen LogP contribution in [0.2, 0.25) is 0 Å². The van der Waals surface area contributed by atoms with Crippen molar-refractivity contribution in [2.45, 2.75) is 150 Å². The second-order valence-electron chi connectivity index (χ2n) is 11.1. The maximum Gasteiger partial charge on any atom is 0.373 e. The molecule has 5 saturated heterocycles. The lowest BCUT2D eigenvalue weighted by molar-refractivity contribution is -0.193. The maximum atomic E-state index is 9.84. The summed E-state index contributed by atoms with van der Waals surface area (Å²) in [6, 6.07) is 0. The Morgan fingerprint density at radius 1 is 0.676 bits per heavy atom. The third-order valence-corrected chi connectivity index (χ3v) is 9.02. The molecule has 208 valence electrons. The largest absolute Gasteiger partial charge is 0.390 e. The molecule has 2 spiro atoms. The average molecular weight is 527 g/mol. The highest BCUT2D eigenvalue weighted by molar-refractivity contribution is 5.20. The Balaban J connectivity index is 0.000000143. The highest BCUT2D eigenvalue weighted by Crippen LogP contribution is 2.55. The first-order valence-corrected chi connectivity index (χ1v) is 13.4.